The first-order chi connectivity index (χ1) is 9.19. The fourth-order valence-corrected chi connectivity index (χ4v) is 2.83. The number of rotatable bonds is 3. The maximum atomic E-state index is 11.9. The van der Waals surface area contributed by atoms with Crippen LogP contribution in [-0.4, -0.2) is 31.2 Å². The molecule has 5 nitrogen and oxygen atoms in total. The number of urea groups is 1. The molecule has 19 heavy (non-hydrogen) atoms. The SMILES string of the molecule is COC(=O)[C@H]1CC[C@@H](NC(=O)N[C@@H]2CC=CCC2)C1. The standard InChI is InChI=1S/C14H22N2O3/c1-19-13(17)10-7-8-12(9-10)16-14(18)15-11-5-3-2-4-6-11/h2-3,10-12H,4-9H2,1H3,(H2,15,16,18)/t10-,11+,12+/m0/s1. The Bertz CT molecular complexity index is 368. The molecule has 1 fully saturated rings. The van der Waals surface area contributed by atoms with E-state index in [2.05, 4.69) is 22.8 Å². The molecule has 3 atom stereocenters. The van der Waals surface area contributed by atoms with Gasteiger partial charge in [-0.2, -0.15) is 0 Å². The summed E-state index contributed by atoms with van der Waals surface area (Å²) in [5, 5.41) is 5.94. The number of methoxy groups -OCH3 is 1. The monoisotopic (exact) mass is 266 g/mol. The lowest BCUT2D eigenvalue weighted by Gasteiger charge is -2.21. The number of carbonyl (C=O) groups excluding carboxylic acids is 2. The lowest BCUT2D eigenvalue weighted by Crippen LogP contribution is -2.45. The van der Waals surface area contributed by atoms with Gasteiger partial charge in [-0.1, -0.05) is 12.2 Å². The van der Waals surface area contributed by atoms with Crippen LogP contribution in [0, 0.1) is 5.92 Å². The molecule has 2 N–H and O–H groups in total. The Morgan fingerprint density at radius 3 is 2.58 bits per heavy atom. The third-order valence-electron chi connectivity index (χ3n) is 3.91. The van der Waals surface area contributed by atoms with E-state index in [0.717, 1.165) is 32.1 Å². The van der Waals surface area contributed by atoms with Crippen molar-refractivity contribution in [3.63, 3.8) is 0 Å². The molecule has 0 aromatic carbocycles. The van der Waals surface area contributed by atoms with Crippen LogP contribution in [-0.2, 0) is 9.53 Å². The van der Waals surface area contributed by atoms with Gasteiger partial charge in [0.05, 0.1) is 13.0 Å². The quantitative estimate of drug-likeness (QED) is 0.604. The molecule has 2 rings (SSSR count). The topological polar surface area (TPSA) is 67.4 Å². The molecule has 0 bridgehead atoms. The Hall–Kier alpha value is -1.52. The second kappa shape index (κ2) is 6.59. The zero-order chi connectivity index (χ0) is 13.7. The summed E-state index contributed by atoms with van der Waals surface area (Å²) in [6, 6.07) is 0.210. The highest BCUT2D eigenvalue weighted by molar-refractivity contribution is 5.75. The molecule has 2 aliphatic carbocycles. The van der Waals surface area contributed by atoms with Crippen LogP contribution < -0.4 is 10.6 Å². The summed E-state index contributed by atoms with van der Waals surface area (Å²) >= 11 is 0. The second-order valence-electron chi connectivity index (χ2n) is 5.33. The minimum absolute atomic E-state index is 0.0621. The van der Waals surface area contributed by atoms with E-state index in [1.165, 1.54) is 7.11 Å². The first-order valence-electron chi connectivity index (χ1n) is 6.99. The van der Waals surface area contributed by atoms with Crippen molar-refractivity contribution in [3.8, 4) is 0 Å². The van der Waals surface area contributed by atoms with E-state index >= 15 is 0 Å². The van der Waals surface area contributed by atoms with Gasteiger partial charge in [-0.3, -0.25) is 4.79 Å². The largest absolute Gasteiger partial charge is 0.469 e. The van der Waals surface area contributed by atoms with Gasteiger partial charge in [0.1, 0.15) is 0 Å². The number of hydrogen-bond acceptors (Lipinski definition) is 3. The zero-order valence-corrected chi connectivity index (χ0v) is 11.4. The Morgan fingerprint density at radius 2 is 1.89 bits per heavy atom. The van der Waals surface area contributed by atoms with Crippen molar-refractivity contribution < 1.29 is 14.3 Å². The molecule has 0 radical (unpaired) electrons. The van der Waals surface area contributed by atoms with Crippen LogP contribution in [0.4, 0.5) is 4.79 Å². The van der Waals surface area contributed by atoms with Crippen LogP contribution >= 0.6 is 0 Å². The summed E-state index contributed by atoms with van der Waals surface area (Å²) < 4.78 is 4.73. The third kappa shape index (κ3) is 3.98. The molecule has 0 aromatic rings. The minimum Gasteiger partial charge on any atom is -0.469 e. The van der Waals surface area contributed by atoms with E-state index in [9.17, 15) is 9.59 Å². The van der Waals surface area contributed by atoms with E-state index in [1.807, 2.05) is 0 Å². The van der Waals surface area contributed by atoms with Crippen LogP contribution in [0.3, 0.4) is 0 Å². The van der Waals surface area contributed by atoms with Crippen molar-refractivity contribution >= 4 is 12.0 Å². The fraction of sp³-hybridized carbons (Fsp3) is 0.714. The van der Waals surface area contributed by atoms with Crippen LogP contribution in [0.2, 0.25) is 0 Å². The average molecular weight is 266 g/mol. The van der Waals surface area contributed by atoms with Crippen molar-refractivity contribution in [1.82, 2.24) is 10.6 Å². The smallest absolute Gasteiger partial charge is 0.315 e. The van der Waals surface area contributed by atoms with Gasteiger partial charge in [-0.05, 0) is 38.5 Å². The number of amides is 2. The van der Waals surface area contributed by atoms with Crippen molar-refractivity contribution in [1.29, 1.82) is 0 Å². The van der Waals surface area contributed by atoms with Gasteiger partial charge in [0.15, 0.2) is 0 Å². The third-order valence-corrected chi connectivity index (χ3v) is 3.91. The first kappa shape index (κ1) is 13.9. The van der Waals surface area contributed by atoms with E-state index < -0.39 is 0 Å². The van der Waals surface area contributed by atoms with Gasteiger partial charge in [0.25, 0.3) is 0 Å². The normalized spacial score (nSPS) is 29.8. The summed E-state index contributed by atoms with van der Waals surface area (Å²) in [5.41, 5.74) is 0. The molecule has 0 aromatic heterocycles. The van der Waals surface area contributed by atoms with Gasteiger partial charge in [0, 0.05) is 12.1 Å². The predicted molar refractivity (Wildman–Crippen MR) is 71.6 cm³/mol. The van der Waals surface area contributed by atoms with Gasteiger partial charge < -0.3 is 15.4 Å². The van der Waals surface area contributed by atoms with E-state index in [0.29, 0.717) is 6.42 Å². The maximum Gasteiger partial charge on any atom is 0.315 e. The number of allylic oxidation sites excluding steroid dienone is 1. The number of nitrogens with one attached hydrogen (secondary N) is 2. The molecule has 0 unspecified atom stereocenters. The van der Waals surface area contributed by atoms with Crippen molar-refractivity contribution in [3.05, 3.63) is 12.2 Å². The molecule has 0 saturated heterocycles. The number of hydrogen-bond donors (Lipinski definition) is 2. The van der Waals surface area contributed by atoms with Crippen LogP contribution in [0.25, 0.3) is 0 Å². The highest BCUT2D eigenvalue weighted by atomic mass is 16.5. The highest BCUT2D eigenvalue weighted by Gasteiger charge is 2.31. The molecule has 0 spiro atoms. The van der Waals surface area contributed by atoms with Crippen molar-refractivity contribution in [2.45, 2.75) is 50.6 Å². The van der Waals surface area contributed by atoms with Crippen LogP contribution in [0.1, 0.15) is 38.5 Å². The number of esters is 1. The van der Waals surface area contributed by atoms with Crippen LogP contribution in [0.15, 0.2) is 12.2 Å². The molecule has 5 heteroatoms. The highest BCUT2D eigenvalue weighted by Crippen LogP contribution is 2.26. The molecular formula is C14H22N2O3. The average Bonchev–Trinajstić information content (AvgIpc) is 2.87. The number of ether oxygens (including phenoxy) is 1. The van der Waals surface area contributed by atoms with Gasteiger partial charge >= 0.3 is 12.0 Å². The molecule has 0 aliphatic heterocycles. The summed E-state index contributed by atoms with van der Waals surface area (Å²) in [5.74, 6) is -0.227. The Morgan fingerprint density at radius 1 is 1.11 bits per heavy atom. The first-order valence-corrected chi connectivity index (χ1v) is 6.99. The lowest BCUT2D eigenvalue weighted by molar-refractivity contribution is -0.145. The molecule has 106 valence electrons. The summed E-state index contributed by atoms with van der Waals surface area (Å²) in [6.45, 7) is 0. The molecular weight excluding hydrogens is 244 g/mol. The van der Waals surface area contributed by atoms with Crippen molar-refractivity contribution in [2.24, 2.45) is 5.92 Å². The second-order valence-corrected chi connectivity index (χ2v) is 5.33. The van der Waals surface area contributed by atoms with Gasteiger partial charge in [0.2, 0.25) is 0 Å². The van der Waals surface area contributed by atoms with Gasteiger partial charge in [-0.25, -0.2) is 4.79 Å². The van der Waals surface area contributed by atoms with E-state index in [4.69, 9.17) is 4.74 Å². The number of carbonyl (C=O) groups is 2. The van der Waals surface area contributed by atoms with Crippen molar-refractivity contribution in [2.75, 3.05) is 7.11 Å². The molecule has 1 saturated carbocycles. The molecule has 0 heterocycles. The Kier molecular flexibility index (Phi) is 4.82. The van der Waals surface area contributed by atoms with Gasteiger partial charge in [-0.15, -0.1) is 0 Å². The maximum absolute atomic E-state index is 11.9. The van der Waals surface area contributed by atoms with E-state index in [-0.39, 0.29) is 30.0 Å². The summed E-state index contributed by atoms with van der Waals surface area (Å²) in [7, 11) is 1.41. The van der Waals surface area contributed by atoms with E-state index in [1.54, 1.807) is 0 Å². The molecule has 2 aliphatic rings. The predicted octanol–water partition coefficient (Wildman–Crippen LogP) is 1.74. The fourth-order valence-electron chi connectivity index (χ4n) is 2.83. The molecule has 2 amide bonds. The lowest BCUT2D eigenvalue weighted by atomic mass is 10.0. The Balaban J connectivity index is 1.71. The Labute approximate surface area is 113 Å². The summed E-state index contributed by atoms with van der Waals surface area (Å²) in [4.78, 5) is 23.3. The summed E-state index contributed by atoms with van der Waals surface area (Å²) in [6.07, 6.45) is 9.51. The zero-order valence-electron chi connectivity index (χ0n) is 11.4. The van der Waals surface area contributed by atoms with Crippen LogP contribution in [0.5, 0.6) is 0 Å². The minimum atomic E-state index is -0.165.